The Morgan fingerprint density at radius 2 is 2.41 bits per heavy atom. The highest BCUT2D eigenvalue weighted by Crippen LogP contribution is 2.24. The number of nitrogens with zero attached hydrogens (tertiary/aromatic N) is 3. The number of carbonyl (C=O) groups is 1. The predicted octanol–water partition coefficient (Wildman–Crippen LogP) is -0.0545. The van der Waals surface area contributed by atoms with Crippen LogP contribution in [-0.2, 0) is 4.79 Å². The third-order valence-corrected chi connectivity index (χ3v) is 2.90. The zero-order valence-corrected chi connectivity index (χ0v) is 9.13. The molecule has 1 atom stereocenters. The zero-order chi connectivity index (χ0) is 12.5. The van der Waals surface area contributed by atoms with E-state index in [4.69, 9.17) is 16.1 Å². The van der Waals surface area contributed by atoms with Crippen LogP contribution in [0.3, 0.4) is 0 Å². The fourth-order valence-electron chi connectivity index (χ4n) is 1.86. The maximum absolute atomic E-state index is 11.0. The second-order valence-electron chi connectivity index (χ2n) is 4.13. The first kappa shape index (κ1) is 11.4. The normalized spacial score (nSPS) is 23.4. The smallest absolute Gasteiger partial charge is 0.325 e. The van der Waals surface area contributed by atoms with Crippen molar-refractivity contribution in [1.82, 2.24) is 4.98 Å². The summed E-state index contributed by atoms with van der Waals surface area (Å²) in [6.07, 6.45) is 0.376. The number of aromatic nitrogens is 1. The molecule has 1 saturated heterocycles. The van der Waals surface area contributed by atoms with E-state index < -0.39 is 11.5 Å². The maximum atomic E-state index is 11.0. The molecule has 1 aromatic rings. The van der Waals surface area contributed by atoms with Crippen LogP contribution in [0.25, 0.3) is 0 Å². The highest BCUT2D eigenvalue weighted by molar-refractivity contribution is 5.80. The summed E-state index contributed by atoms with van der Waals surface area (Å²) in [5, 5.41) is 17.8. The molecule has 1 aliphatic heterocycles. The summed E-state index contributed by atoms with van der Waals surface area (Å²) < 4.78 is 0. The first-order valence-corrected chi connectivity index (χ1v) is 5.19. The van der Waals surface area contributed by atoms with Gasteiger partial charge in [0.05, 0.1) is 0 Å². The molecule has 1 unspecified atom stereocenters. The summed E-state index contributed by atoms with van der Waals surface area (Å²) >= 11 is 0. The van der Waals surface area contributed by atoms with Crippen LogP contribution in [0, 0.1) is 11.3 Å². The van der Waals surface area contributed by atoms with Gasteiger partial charge >= 0.3 is 5.97 Å². The molecule has 3 N–H and O–H groups in total. The summed E-state index contributed by atoms with van der Waals surface area (Å²) in [6, 6.07) is 7.02. The minimum Gasteiger partial charge on any atom is -0.480 e. The second kappa shape index (κ2) is 4.03. The molecular weight excluding hydrogens is 220 g/mol. The van der Waals surface area contributed by atoms with E-state index in [-0.39, 0.29) is 6.54 Å². The molecule has 0 bridgehead atoms. The summed E-state index contributed by atoms with van der Waals surface area (Å²) in [6.45, 7) is 0.745. The molecule has 0 radical (unpaired) electrons. The van der Waals surface area contributed by atoms with Crippen molar-refractivity contribution in [3.05, 3.63) is 23.9 Å². The van der Waals surface area contributed by atoms with Crippen molar-refractivity contribution in [2.75, 3.05) is 18.0 Å². The molecule has 0 amide bonds. The molecule has 17 heavy (non-hydrogen) atoms. The Kier molecular flexibility index (Phi) is 2.69. The minimum absolute atomic E-state index is 0.213. The Labute approximate surface area is 98.3 Å². The third kappa shape index (κ3) is 2.05. The standard InChI is InChI=1S/C11H12N4O2/c12-6-8-2-1-3-9(14-8)15-5-4-11(13,7-15)10(16)17/h1-3H,4-5,7,13H2,(H,16,17). The molecule has 6 nitrogen and oxygen atoms in total. The third-order valence-electron chi connectivity index (χ3n) is 2.90. The molecule has 2 rings (SSSR count). The van der Waals surface area contributed by atoms with Gasteiger partial charge in [0.2, 0.25) is 0 Å². The van der Waals surface area contributed by atoms with Crippen molar-refractivity contribution in [2.45, 2.75) is 12.0 Å². The Morgan fingerprint density at radius 3 is 3.00 bits per heavy atom. The highest BCUT2D eigenvalue weighted by atomic mass is 16.4. The van der Waals surface area contributed by atoms with Gasteiger partial charge in [0, 0.05) is 13.1 Å². The molecule has 2 heterocycles. The van der Waals surface area contributed by atoms with E-state index in [2.05, 4.69) is 4.98 Å². The number of rotatable bonds is 2. The molecule has 0 saturated carbocycles. The number of carboxylic acid groups (broad SMARTS) is 1. The van der Waals surface area contributed by atoms with Crippen LogP contribution in [0.2, 0.25) is 0 Å². The number of hydrogen-bond acceptors (Lipinski definition) is 5. The number of nitriles is 1. The first-order chi connectivity index (χ1) is 8.05. The molecule has 0 aromatic carbocycles. The second-order valence-corrected chi connectivity index (χ2v) is 4.13. The number of anilines is 1. The lowest BCUT2D eigenvalue weighted by Crippen LogP contribution is -2.50. The van der Waals surface area contributed by atoms with E-state index in [9.17, 15) is 4.79 Å². The number of aliphatic carboxylic acids is 1. The Balaban J connectivity index is 2.21. The van der Waals surface area contributed by atoms with Crippen LogP contribution in [0.15, 0.2) is 18.2 Å². The van der Waals surface area contributed by atoms with E-state index in [1.807, 2.05) is 6.07 Å². The summed E-state index contributed by atoms with van der Waals surface area (Å²) in [5.41, 5.74) is 4.86. The molecule has 1 fully saturated rings. The van der Waals surface area contributed by atoms with Gasteiger partial charge in [-0.3, -0.25) is 4.79 Å². The number of carboxylic acids is 1. The predicted molar refractivity (Wildman–Crippen MR) is 60.3 cm³/mol. The van der Waals surface area contributed by atoms with Crippen molar-refractivity contribution < 1.29 is 9.90 Å². The summed E-state index contributed by atoms with van der Waals surface area (Å²) in [7, 11) is 0. The van der Waals surface area contributed by atoms with Gasteiger partial charge in [0.25, 0.3) is 0 Å². The van der Waals surface area contributed by atoms with Gasteiger partial charge in [-0.2, -0.15) is 5.26 Å². The van der Waals surface area contributed by atoms with Crippen LogP contribution in [0.1, 0.15) is 12.1 Å². The number of pyridine rings is 1. The highest BCUT2D eigenvalue weighted by Gasteiger charge is 2.41. The van der Waals surface area contributed by atoms with Gasteiger partial charge < -0.3 is 15.7 Å². The molecule has 6 heteroatoms. The van der Waals surface area contributed by atoms with Gasteiger partial charge in [0.15, 0.2) is 0 Å². The average molecular weight is 232 g/mol. The van der Waals surface area contributed by atoms with Crippen LogP contribution >= 0.6 is 0 Å². The van der Waals surface area contributed by atoms with Crippen molar-refractivity contribution >= 4 is 11.8 Å². The van der Waals surface area contributed by atoms with Crippen molar-refractivity contribution in [2.24, 2.45) is 5.73 Å². The SMILES string of the molecule is N#Cc1cccc(N2CCC(N)(C(=O)O)C2)n1. The summed E-state index contributed by atoms with van der Waals surface area (Å²) in [4.78, 5) is 16.9. The lowest BCUT2D eigenvalue weighted by molar-refractivity contribution is -0.142. The van der Waals surface area contributed by atoms with Crippen LogP contribution in [0.5, 0.6) is 0 Å². The molecule has 1 aliphatic rings. The van der Waals surface area contributed by atoms with Crippen molar-refractivity contribution in [3.63, 3.8) is 0 Å². The molecule has 0 aliphatic carbocycles. The van der Waals surface area contributed by atoms with Gasteiger partial charge in [-0.15, -0.1) is 0 Å². The monoisotopic (exact) mass is 232 g/mol. The van der Waals surface area contributed by atoms with Crippen LogP contribution in [0.4, 0.5) is 5.82 Å². The van der Waals surface area contributed by atoms with Crippen molar-refractivity contribution in [3.8, 4) is 6.07 Å². The van der Waals surface area contributed by atoms with Crippen molar-refractivity contribution in [1.29, 1.82) is 5.26 Å². The number of hydrogen-bond donors (Lipinski definition) is 2. The Morgan fingerprint density at radius 1 is 1.65 bits per heavy atom. The molecule has 0 spiro atoms. The fourth-order valence-corrected chi connectivity index (χ4v) is 1.86. The first-order valence-electron chi connectivity index (χ1n) is 5.19. The lowest BCUT2D eigenvalue weighted by atomic mass is 10.0. The molecule has 88 valence electrons. The van der Waals surface area contributed by atoms with Crippen LogP contribution in [-0.4, -0.2) is 34.7 Å². The maximum Gasteiger partial charge on any atom is 0.325 e. The topological polar surface area (TPSA) is 103 Å². The van der Waals surface area contributed by atoms with Gasteiger partial charge in [0.1, 0.15) is 23.1 Å². The molecular formula is C11H12N4O2. The van der Waals surface area contributed by atoms with Gasteiger partial charge in [-0.1, -0.05) is 6.07 Å². The molecule has 1 aromatic heterocycles. The number of nitrogens with two attached hydrogens (primary N) is 1. The zero-order valence-electron chi connectivity index (χ0n) is 9.13. The van der Waals surface area contributed by atoms with E-state index in [1.54, 1.807) is 23.1 Å². The summed E-state index contributed by atoms with van der Waals surface area (Å²) in [5.74, 6) is -0.408. The lowest BCUT2D eigenvalue weighted by Gasteiger charge is -2.20. The largest absolute Gasteiger partial charge is 0.480 e. The Bertz CT molecular complexity index is 496. The van der Waals surface area contributed by atoms with E-state index >= 15 is 0 Å². The van der Waals surface area contributed by atoms with E-state index in [1.165, 1.54) is 0 Å². The van der Waals surface area contributed by atoms with Crippen LogP contribution < -0.4 is 10.6 Å². The van der Waals surface area contributed by atoms with E-state index in [0.717, 1.165) is 0 Å². The minimum atomic E-state index is -1.22. The Hall–Kier alpha value is -2.13. The average Bonchev–Trinajstić information content (AvgIpc) is 2.74. The van der Waals surface area contributed by atoms with E-state index in [0.29, 0.717) is 24.5 Å². The quantitative estimate of drug-likeness (QED) is 0.740. The fraction of sp³-hybridized carbons (Fsp3) is 0.364. The van der Waals surface area contributed by atoms with Gasteiger partial charge in [-0.05, 0) is 18.6 Å². The van der Waals surface area contributed by atoms with Gasteiger partial charge in [-0.25, -0.2) is 4.98 Å².